The molecule has 2 rings (SSSR count). The minimum Gasteiger partial charge on any atom is -0.310 e. The van der Waals surface area contributed by atoms with Crippen molar-refractivity contribution in [2.45, 2.75) is 24.7 Å². The fourth-order valence-corrected chi connectivity index (χ4v) is 2.37. The minimum absolute atomic E-state index is 0.0273. The summed E-state index contributed by atoms with van der Waals surface area (Å²) in [5, 5.41) is 2.73. The van der Waals surface area contributed by atoms with Gasteiger partial charge in [-0.2, -0.15) is 0 Å². The van der Waals surface area contributed by atoms with Crippen molar-refractivity contribution in [1.82, 2.24) is 4.98 Å². The highest BCUT2D eigenvalue weighted by atomic mass is 32.2. The topological polar surface area (TPSA) is 59.1 Å². The van der Waals surface area contributed by atoms with E-state index in [1.54, 1.807) is 30.1 Å². The number of benzene rings is 1. The van der Waals surface area contributed by atoms with Gasteiger partial charge in [0.05, 0.1) is 0 Å². The van der Waals surface area contributed by atoms with Crippen LogP contribution in [-0.4, -0.2) is 22.9 Å². The number of aryl methyl sites for hydroxylation is 1. The Morgan fingerprint density at radius 1 is 1.14 bits per heavy atom. The SMILES string of the molecule is CSc1ccc(C(=O)CCC(=O)Nc2ncccc2C)cc1. The summed E-state index contributed by atoms with van der Waals surface area (Å²) in [5.74, 6) is 0.320. The van der Waals surface area contributed by atoms with E-state index in [0.29, 0.717) is 11.4 Å². The van der Waals surface area contributed by atoms with Crippen molar-refractivity contribution < 1.29 is 9.59 Å². The largest absolute Gasteiger partial charge is 0.310 e. The molecule has 0 bridgehead atoms. The number of thioether (sulfide) groups is 1. The summed E-state index contributed by atoms with van der Waals surface area (Å²) >= 11 is 1.63. The summed E-state index contributed by atoms with van der Waals surface area (Å²) in [6.07, 6.45) is 3.96. The molecule has 22 heavy (non-hydrogen) atoms. The molecule has 0 aliphatic rings. The van der Waals surface area contributed by atoms with Crippen molar-refractivity contribution in [3.63, 3.8) is 0 Å². The summed E-state index contributed by atoms with van der Waals surface area (Å²) in [6.45, 7) is 1.88. The first-order valence-electron chi connectivity index (χ1n) is 6.99. The Morgan fingerprint density at radius 2 is 1.86 bits per heavy atom. The molecule has 1 amide bonds. The Balaban J connectivity index is 1.87. The molecule has 0 fully saturated rings. The van der Waals surface area contributed by atoms with Gasteiger partial charge in [-0.3, -0.25) is 9.59 Å². The van der Waals surface area contributed by atoms with Crippen molar-refractivity contribution in [2.24, 2.45) is 0 Å². The molecule has 1 N–H and O–H groups in total. The van der Waals surface area contributed by atoms with Crippen LogP contribution in [0.3, 0.4) is 0 Å². The summed E-state index contributed by atoms with van der Waals surface area (Å²) in [6, 6.07) is 11.1. The number of aromatic nitrogens is 1. The van der Waals surface area contributed by atoms with Crippen LogP contribution in [0.1, 0.15) is 28.8 Å². The molecule has 0 aliphatic heterocycles. The van der Waals surface area contributed by atoms with Gasteiger partial charge in [0.2, 0.25) is 5.91 Å². The predicted molar refractivity (Wildman–Crippen MR) is 89.4 cm³/mol. The molecule has 2 aromatic rings. The molecular weight excluding hydrogens is 296 g/mol. The van der Waals surface area contributed by atoms with Gasteiger partial charge in [0.1, 0.15) is 5.82 Å². The second-order valence-electron chi connectivity index (χ2n) is 4.87. The molecule has 0 saturated carbocycles. The van der Waals surface area contributed by atoms with E-state index in [4.69, 9.17) is 0 Å². The molecule has 5 heteroatoms. The highest BCUT2D eigenvalue weighted by Gasteiger charge is 2.10. The van der Waals surface area contributed by atoms with Crippen LogP contribution < -0.4 is 5.32 Å². The Kier molecular flexibility index (Phi) is 5.72. The summed E-state index contributed by atoms with van der Waals surface area (Å²) in [7, 11) is 0. The van der Waals surface area contributed by atoms with E-state index in [-0.39, 0.29) is 24.5 Å². The van der Waals surface area contributed by atoms with Gasteiger partial charge in [0.15, 0.2) is 5.78 Å². The lowest BCUT2D eigenvalue weighted by molar-refractivity contribution is -0.116. The molecule has 0 unspecified atom stereocenters. The van der Waals surface area contributed by atoms with E-state index in [0.717, 1.165) is 10.5 Å². The van der Waals surface area contributed by atoms with Crippen LogP contribution in [0.15, 0.2) is 47.5 Å². The first-order chi connectivity index (χ1) is 10.6. The van der Waals surface area contributed by atoms with Crippen molar-refractivity contribution in [2.75, 3.05) is 11.6 Å². The highest BCUT2D eigenvalue weighted by molar-refractivity contribution is 7.98. The maximum atomic E-state index is 12.1. The maximum absolute atomic E-state index is 12.1. The first-order valence-corrected chi connectivity index (χ1v) is 8.21. The molecule has 1 heterocycles. The molecule has 0 atom stereocenters. The van der Waals surface area contributed by atoms with Gasteiger partial charge in [-0.1, -0.05) is 18.2 Å². The molecule has 0 aliphatic carbocycles. The molecule has 1 aromatic carbocycles. The third-order valence-corrected chi connectivity index (χ3v) is 4.00. The zero-order valence-corrected chi connectivity index (χ0v) is 13.4. The van der Waals surface area contributed by atoms with Crippen LogP contribution in [0.2, 0.25) is 0 Å². The van der Waals surface area contributed by atoms with E-state index in [9.17, 15) is 9.59 Å². The van der Waals surface area contributed by atoms with Gasteiger partial charge >= 0.3 is 0 Å². The number of anilines is 1. The van der Waals surface area contributed by atoms with E-state index in [1.807, 2.05) is 37.4 Å². The number of ketones is 1. The van der Waals surface area contributed by atoms with Gasteiger partial charge < -0.3 is 5.32 Å². The summed E-state index contributed by atoms with van der Waals surface area (Å²) < 4.78 is 0. The number of Topliss-reactive ketones (excluding diaryl/α,β-unsaturated/α-hetero) is 1. The second-order valence-corrected chi connectivity index (χ2v) is 5.75. The fourth-order valence-electron chi connectivity index (χ4n) is 1.96. The first kappa shape index (κ1) is 16.2. The van der Waals surface area contributed by atoms with E-state index in [1.165, 1.54) is 0 Å². The Labute approximate surface area is 134 Å². The number of nitrogens with one attached hydrogen (secondary N) is 1. The Bertz CT molecular complexity index is 669. The normalized spacial score (nSPS) is 10.3. The summed E-state index contributed by atoms with van der Waals surface area (Å²) in [5.41, 5.74) is 1.54. The number of carbonyl (C=O) groups is 2. The lowest BCUT2D eigenvalue weighted by atomic mass is 10.1. The third-order valence-electron chi connectivity index (χ3n) is 3.26. The maximum Gasteiger partial charge on any atom is 0.225 e. The monoisotopic (exact) mass is 314 g/mol. The molecule has 4 nitrogen and oxygen atoms in total. The Morgan fingerprint density at radius 3 is 2.50 bits per heavy atom. The number of rotatable bonds is 6. The van der Waals surface area contributed by atoms with Gasteiger partial charge in [-0.25, -0.2) is 4.98 Å². The number of pyridine rings is 1. The molecule has 0 saturated heterocycles. The third kappa shape index (κ3) is 4.43. The number of carbonyl (C=O) groups excluding carboxylic acids is 2. The van der Waals surface area contributed by atoms with Crippen LogP contribution in [0.5, 0.6) is 0 Å². The van der Waals surface area contributed by atoms with Crippen molar-refractivity contribution in [3.8, 4) is 0 Å². The number of nitrogens with zero attached hydrogens (tertiary/aromatic N) is 1. The zero-order chi connectivity index (χ0) is 15.9. The van der Waals surface area contributed by atoms with Crippen LogP contribution in [0.4, 0.5) is 5.82 Å². The lowest BCUT2D eigenvalue weighted by Crippen LogP contribution is -2.15. The fraction of sp³-hybridized carbons (Fsp3) is 0.235. The zero-order valence-electron chi connectivity index (χ0n) is 12.6. The van der Waals surface area contributed by atoms with E-state index in [2.05, 4.69) is 10.3 Å². The van der Waals surface area contributed by atoms with Gasteiger partial charge in [0, 0.05) is 29.5 Å². The van der Waals surface area contributed by atoms with E-state index < -0.39 is 0 Å². The lowest BCUT2D eigenvalue weighted by Gasteiger charge is -2.06. The Hall–Kier alpha value is -2.14. The molecule has 0 radical (unpaired) electrons. The average Bonchev–Trinajstić information content (AvgIpc) is 2.55. The smallest absolute Gasteiger partial charge is 0.225 e. The van der Waals surface area contributed by atoms with Crippen molar-refractivity contribution >= 4 is 29.3 Å². The average molecular weight is 314 g/mol. The van der Waals surface area contributed by atoms with Crippen LogP contribution in [0, 0.1) is 6.92 Å². The summed E-state index contributed by atoms with van der Waals surface area (Å²) in [4.78, 5) is 29.2. The van der Waals surface area contributed by atoms with Crippen molar-refractivity contribution in [3.05, 3.63) is 53.7 Å². The standard InChI is InChI=1S/C17H18N2O2S/c1-12-4-3-11-18-17(12)19-16(21)10-9-15(20)13-5-7-14(22-2)8-6-13/h3-8,11H,9-10H2,1-2H3,(H,18,19,21). The minimum atomic E-state index is -0.198. The van der Waals surface area contributed by atoms with Crippen LogP contribution in [0.25, 0.3) is 0 Å². The van der Waals surface area contributed by atoms with Crippen LogP contribution in [-0.2, 0) is 4.79 Å². The van der Waals surface area contributed by atoms with Gasteiger partial charge in [-0.05, 0) is 36.9 Å². The van der Waals surface area contributed by atoms with E-state index >= 15 is 0 Å². The number of hydrogen-bond donors (Lipinski definition) is 1. The second kappa shape index (κ2) is 7.75. The quantitative estimate of drug-likeness (QED) is 0.652. The number of hydrogen-bond acceptors (Lipinski definition) is 4. The van der Waals surface area contributed by atoms with Gasteiger partial charge in [0.25, 0.3) is 0 Å². The molecule has 114 valence electrons. The van der Waals surface area contributed by atoms with Crippen molar-refractivity contribution in [1.29, 1.82) is 0 Å². The van der Waals surface area contributed by atoms with Gasteiger partial charge in [-0.15, -0.1) is 11.8 Å². The predicted octanol–water partition coefficient (Wildman–Crippen LogP) is 3.71. The number of amides is 1. The molecular formula is C17H18N2O2S. The molecule has 0 spiro atoms. The van der Waals surface area contributed by atoms with Crippen LogP contribution >= 0.6 is 11.8 Å². The molecule has 1 aromatic heterocycles. The highest BCUT2D eigenvalue weighted by Crippen LogP contribution is 2.16.